The van der Waals surface area contributed by atoms with E-state index in [2.05, 4.69) is 4.98 Å². The van der Waals surface area contributed by atoms with Crippen LogP contribution < -0.4 is 5.56 Å². The van der Waals surface area contributed by atoms with E-state index in [4.69, 9.17) is 11.6 Å². The first kappa shape index (κ1) is 15.1. The monoisotopic (exact) mass is 356 g/mol. The van der Waals surface area contributed by atoms with Crippen molar-refractivity contribution in [3.8, 4) is 5.69 Å². The highest BCUT2D eigenvalue weighted by Crippen LogP contribution is 2.29. The number of benzene rings is 3. The van der Waals surface area contributed by atoms with Gasteiger partial charge in [-0.2, -0.15) is 0 Å². The molecular weight excluding hydrogens is 344 g/mol. The Morgan fingerprint density at radius 3 is 2.58 bits per heavy atom. The molecule has 3 nitrogen and oxygen atoms in total. The van der Waals surface area contributed by atoms with Gasteiger partial charge >= 0.3 is 0 Å². The first-order chi connectivity index (χ1) is 12.7. The van der Waals surface area contributed by atoms with E-state index in [1.807, 2.05) is 60.7 Å². The number of aromatic nitrogens is 2. The van der Waals surface area contributed by atoms with Gasteiger partial charge < -0.3 is 0 Å². The summed E-state index contributed by atoms with van der Waals surface area (Å²) in [5, 5.41) is 4.10. The van der Waals surface area contributed by atoms with Crippen molar-refractivity contribution in [2.45, 2.75) is 0 Å². The predicted octanol–water partition coefficient (Wildman–Crippen LogP) is 5.35. The van der Waals surface area contributed by atoms with E-state index in [0.717, 1.165) is 32.9 Å². The maximum absolute atomic E-state index is 13.4. The summed E-state index contributed by atoms with van der Waals surface area (Å²) >= 11 is 6.19. The third kappa shape index (κ3) is 2.14. The Labute approximate surface area is 154 Å². The minimum absolute atomic E-state index is 0.0754. The maximum Gasteiger partial charge on any atom is 0.263 e. The lowest BCUT2D eigenvalue weighted by molar-refractivity contribution is 1.07. The van der Waals surface area contributed by atoms with Crippen LogP contribution in [0.4, 0.5) is 0 Å². The molecule has 0 unspecified atom stereocenters. The van der Waals surface area contributed by atoms with E-state index >= 15 is 0 Å². The Morgan fingerprint density at radius 2 is 1.65 bits per heavy atom. The van der Waals surface area contributed by atoms with Crippen molar-refractivity contribution in [2.75, 3.05) is 0 Å². The van der Waals surface area contributed by atoms with Gasteiger partial charge in [-0.15, -0.1) is 0 Å². The van der Waals surface area contributed by atoms with E-state index in [9.17, 15) is 4.79 Å². The molecule has 2 heterocycles. The summed E-state index contributed by atoms with van der Waals surface area (Å²) in [5.41, 5.74) is 2.34. The van der Waals surface area contributed by atoms with Crippen LogP contribution >= 0.6 is 11.6 Å². The third-order valence-electron chi connectivity index (χ3n) is 4.70. The minimum Gasteiger partial charge on any atom is -0.274 e. The number of pyridine rings is 2. The summed E-state index contributed by atoms with van der Waals surface area (Å²) in [7, 11) is 0. The fraction of sp³-hybridized carbons (Fsp3) is 0. The maximum atomic E-state index is 13.4. The summed E-state index contributed by atoms with van der Waals surface area (Å²) in [6, 6.07) is 23.1. The van der Waals surface area contributed by atoms with E-state index in [-0.39, 0.29) is 5.56 Å². The Bertz CT molecular complexity index is 1370. The van der Waals surface area contributed by atoms with Gasteiger partial charge in [0.05, 0.1) is 16.7 Å². The summed E-state index contributed by atoms with van der Waals surface area (Å²) < 4.78 is 1.75. The van der Waals surface area contributed by atoms with Gasteiger partial charge in [-0.1, -0.05) is 48.0 Å². The second-order valence-corrected chi connectivity index (χ2v) is 6.64. The van der Waals surface area contributed by atoms with Crippen molar-refractivity contribution in [3.63, 3.8) is 0 Å². The number of halogens is 1. The van der Waals surface area contributed by atoms with Gasteiger partial charge in [0, 0.05) is 27.4 Å². The van der Waals surface area contributed by atoms with Crippen LogP contribution in [0.3, 0.4) is 0 Å². The molecule has 26 heavy (non-hydrogen) atoms. The van der Waals surface area contributed by atoms with Gasteiger partial charge in [0.2, 0.25) is 0 Å². The number of fused-ring (bicyclic) bond motifs is 4. The van der Waals surface area contributed by atoms with E-state index in [0.29, 0.717) is 10.4 Å². The summed E-state index contributed by atoms with van der Waals surface area (Å²) in [6.45, 7) is 0. The molecule has 2 aromatic heterocycles. The smallest absolute Gasteiger partial charge is 0.263 e. The number of hydrogen-bond donors (Lipinski definition) is 0. The van der Waals surface area contributed by atoms with Gasteiger partial charge in [-0.25, -0.2) is 0 Å². The van der Waals surface area contributed by atoms with Gasteiger partial charge in [0.15, 0.2) is 0 Å². The lowest BCUT2D eigenvalue weighted by Crippen LogP contribution is -2.19. The zero-order valence-corrected chi connectivity index (χ0v) is 14.4. The Balaban J connectivity index is 2.04. The average molecular weight is 357 g/mol. The number of rotatable bonds is 1. The van der Waals surface area contributed by atoms with E-state index in [1.54, 1.807) is 22.9 Å². The largest absolute Gasteiger partial charge is 0.274 e. The highest BCUT2D eigenvalue weighted by molar-refractivity contribution is 6.31. The number of nitrogens with zero attached hydrogens (tertiary/aromatic N) is 2. The molecule has 0 aliphatic rings. The van der Waals surface area contributed by atoms with Crippen molar-refractivity contribution in [3.05, 3.63) is 94.4 Å². The van der Waals surface area contributed by atoms with Crippen LogP contribution in [0, 0.1) is 0 Å². The molecule has 0 atom stereocenters. The predicted molar refractivity (Wildman–Crippen MR) is 107 cm³/mol. The van der Waals surface area contributed by atoms with Crippen molar-refractivity contribution in [2.24, 2.45) is 0 Å². The molecule has 0 aliphatic heterocycles. The van der Waals surface area contributed by atoms with Crippen LogP contribution in [-0.2, 0) is 0 Å². The fourth-order valence-electron chi connectivity index (χ4n) is 3.56. The molecule has 0 N–H and O–H groups in total. The highest BCUT2D eigenvalue weighted by Gasteiger charge is 2.14. The normalized spacial score (nSPS) is 11.4. The Hall–Kier alpha value is -3.17. The van der Waals surface area contributed by atoms with Crippen LogP contribution in [0.15, 0.2) is 83.8 Å². The second kappa shape index (κ2) is 5.68. The Morgan fingerprint density at radius 1 is 0.808 bits per heavy atom. The van der Waals surface area contributed by atoms with Gasteiger partial charge in [0.1, 0.15) is 0 Å². The van der Waals surface area contributed by atoms with Crippen molar-refractivity contribution >= 4 is 44.2 Å². The summed E-state index contributed by atoms with van der Waals surface area (Å²) in [6.07, 6.45) is 1.75. The van der Waals surface area contributed by atoms with E-state index < -0.39 is 0 Å². The molecule has 0 bridgehead atoms. The lowest BCUT2D eigenvalue weighted by atomic mass is 10.1. The first-order valence-electron chi connectivity index (χ1n) is 8.31. The zero-order valence-electron chi connectivity index (χ0n) is 13.7. The Kier molecular flexibility index (Phi) is 3.30. The molecule has 3 aromatic carbocycles. The van der Waals surface area contributed by atoms with Gasteiger partial charge in [-0.05, 0) is 41.8 Å². The lowest BCUT2D eigenvalue weighted by Gasteiger charge is -2.14. The highest BCUT2D eigenvalue weighted by atomic mass is 35.5. The summed E-state index contributed by atoms with van der Waals surface area (Å²) in [4.78, 5) is 17.9. The van der Waals surface area contributed by atoms with Gasteiger partial charge in [-0.3, -0.25) is 14.3 Å². The number of hydrogen-bond acceptors (Lipinski definition) is 2. The van der Waals surface area contributed by atoms with Crippen molar-refractivity contribution < 1.29 is 0 Å². The molecule has 0 aliphatic carbocycles. The topological polar surface area (TPSA) is 34.9 Å². The molecule has 0 saturated carbocycles. The van der Waals surface area contributed by atoms with Crippen molar-refractivity contribution in [1.82, 2.24) is 9.55 Å². The molecule has 0 saturated heterocycles. The van der Waals surface area contributed by atoms with Crippen LogP contribution in [-0.4, -0.2) is 9.55 Å². The molecule has 0 amide bonds. The van der Waals surface area contributed by atoms with Crippen LogP contribution in [0.1, 0.15) is 0 Å². The zero-order chi connectivity index (χ0) is 17.7. The molecular formula is C22H13ClN2O. The SMILES string of the molecule is O=c1c2ccc(Cl)cc2c2ccccc2n1-c1cccc2cccnc12. The van der Waals surface area contributed by atoms with Gasteiger partial charge in [0.25, 0.3) is 5.56 Å². The van der Waals surface area contributed by atoms with Crippen LogP contribution in [0.25, 0.3) is 38.3 Å². The minimum atomic E-state index is -0.0754. The molecule has 0 radical (unpaired) electrons. The molecule has 0 fully saturated rings. The first-order valence-corrected chi connectivity index (χ1v) is 8.69. The molecule has 5 aromatic rings. The quantitative estimate of drug-likeness (QED) is 0.380. The third-order valence-corrected chi connectivity index (χ3v) is 4.94. The molecule has 5 rings (SSSR count). The molecule has 4 heteroatoms. The second-order valence-electron chi connectivity index (χ2n) is 6.20. The fourth-order valence-corrected chi connectivity index (χ4v) is 3.73. The standard InChI is InChI=1S/C22H13ClN2O/c23-15-10-11-17-18(13-15)16-7-1-2-8-19(16)25(22(17)26)20-9-3-5-14-6-4-12-24-21(14)20/h1-13H. The summed E-state index contributed by atoms with van der Waals surface area (Å²) in [5.74, 6) is 0. The number of para-hydroxylation sites is 2. The molecule has 124 valence electrons. The molecule has 0 spiro atoms. The van der Waals surface area contributed by atoms with E-state index in [1.165, 1.54) is 0 Å². The van der Waals surface area contributed by atoms with Crippen LogP contribution in [0.2, 0.25) is 5.02 Å². The average Bonchev–Trinajstić information content (AvgIpc) is 2.68. The van der Waals surface area contributed by atoms with Crippen LogP contribution in [0.5, 0.6) is 0 Å². The van der Waals surface area contributed by atoms with Crippen molar-refractivity contribution in [1.29, 1.82) is 0 Å².